The number of anilines is 1. The van der Waals surface area contributed by atoms with Gasteiger partial charge in [-0.05, 0) is 24.3 Å². The first kappa shape index (κ1) is 12.4. The highest BCUT2D eigenvalue weighted by molar-refractivity contribution is 7.99. The molecule has 2 aromatic carbocycles. The molecule has 0 radical (unpaired) electrons. The molecular weight excluding hydrogens is 251 g/mol. The first-order valence-corrected chi connectivity index (χ1v) is 6.01. The zero-order chi connectivity index (χ0) is 13.1. The van der Waals surface area contributed by atoms with Gasteiger partial charge in [0, 0.05) is 15.5 Å². The van der Waals surface area contributed by atoms with Crippen molar-refractivity contribution in [2.24, 2.45) is 5.73 Å². The summed E-state index contributed by atoms with van der Waals surface area (Å²) < 4.78 is 13.7. The fraction of sp³-hybridized carbons (Fsp3) is 0. The van der Waals surface area contributed by atoms with Gasteiger partial charge in [0.25, 0.3) is 5.91 Å². The number of nitrogens with two attached hydrogens (primary N) is 2. The van der Waals surface area contributed by atoms with E-state index >= 15 is 0 Å². The van der Waals surface area contributed by atoms with Gasteiger partial charge in [-0.1, -0.05) is 30.0 Å². The maximum Gasteiger partial charge on any atom is 0.250 e. The highest BCUT2D eigenvalue weighted by Gasteiger charge is 2.12. The minimum absolute atomic E-state index is 0.0532. The van der Waals surface area contributed by atoms with E-state index in [1.807, 2.05) is 30.3 Å². The van der Waals surface area contributed by atoms with E-state index in [4.69, 9.17) is 11.5 Å². The maximum absolute atomic E-state index is 13.7. The van der Waals surface area contributed by atoms with Crippen LogP contribution >= 0.6 is 11.8 Å². The van der Waals surface area contributed by atoms with Gasteiger partial charge < -0.3 is 11.5 Å². The molecule has 1 amide bonds. The number of benzene rings is 2. The van der Waals surface area contributed by atoms with Crippen molar-refractivity contribution in [3.63, 3.8) is 0 Å². The van der Waals surface area contributed by atoms with Gasteiger partial charge in [0.15, 0.2) is 0 Å². The van der Waals surface area contributed by atoms with E-state index < -0.39 is 11.7 Å². The summed E-state index contributed by atoms with van der Waals surface area (Å²) in [5.41, 5.74) is 10.9. The molecule has 2 aromatic rings. The van der Waals surface area contributed by atoms with Crippen LogP contribution in [0.1, 0.15) is 10.4 Å². The summed E-state index contributed by atoms with van der Waals surface area (Å²) in [6.45, 7) is 0. The van der Waals surface area contributed by atoms with Crippen LogP contribution in [0.15, 0.2) is 52.3 Å². The van der Waals surface area contributed by atoms with Crippen molar-refractivity contribution in [1.82, 2.24) is 0 Å². The molecule has 18 heavy (non-hydrogen) atoms. The Balaban J connectivity index is 2.39. The Morgan fingerprint density at radius 3 is 2.44 bits per heavy atom. The monoisotopic (exact) mass is 262 g/mol. The molecule has 4 N–H and O–H groups in total. The van der Waals surface area contributed by atoms with Crippen molar-refractivity contribution in [3.8, 4) is 0 Å². The summed E-state index contributed by atoms with van der Waals surface area (Å²) in [6.07, 6.45) is 0. The molecule has 0 atom stereocenters. The van der Waals surface area contributed by atoms with Gasteiger partial charge in [0.2, 0.25) is 0 Å². The number of hydrogen-bond donors (Lipinski definition) is 2. The summed E-state index contributed by atoms with van der Waals surface area (Å²) in [6, 6.07) is 11.8. The van der Waals surface area contributed by atoms with Crippen LogP contribution < -0.4 is 11.5 Å². The van der Waals surface area contributed by atoms with Crippen molar-refractivity contribution < 1.29 is 9.18 Å². The Morgan fingerprint density at radius 1 is 1.17 bits per heavy atom. The van der Waals surface area contributed by atoms with Crippen LogP contribution in [-0.2, 0) is 0 Å². The minimum atomic E-state index is -0.664. The molecule has 92 valence electrons. The number of amides is 1. The van der Waals surface area contributed by atoms with Crippen molar-refractivity contribution in [2.45, 2.75) is 9.79 Å². The van der Waals surface area contributed by atoms with Crippen LogP contribution in [0, 0.1) is 5.82 Å². The van der Waals surface area contributed by atoms with E-state index in [2.05, 4.69) is 0 Å². The Labute approximate surface area is 108 Å². The molecule has 3 nitrogen and oxygen atoms in total. The van der Waals surface area contributed by atoms with E-state index in [1.54, 1.807) is 0 Å². The summed E-state index contributed by atoms with van der Waals surface area (Å²) in [4.78, 5) is 12.3. The maximum atomic E-state index is 13.7. The molecular formula is C13H11FN2OS. The van der Waals surface area contributed by atoms with Gasteiger partial charge in [0.05, 0.1) is 5.56 Å². The van der Waals surface area contributed by atoms with Crippen molar-refractivity contribution in [2.75, 3.05) is 5.73 Å². The summed E-state index contributed by atoms with van der Waals surface area (Å²) in [5.74, 6) is -1.13. The minimum Gasteiger partial charge on any atom is -0.398 e. The van der Waals surface area contributed by atoms with E-state index in [9.17, 15) is 9.18 Å². The molecule has 0 aromatic heterocycles. The molecule has 0 saturated carbocycles. The number of primary amides is 1. The molecule has 0 bridgehead atoms. The highest BCUT2D eigenvalue weighted by Crippen LogP contribution is 2.32. The van der Waals surface area contributed by atoms with Crippen LogP contribution in [0.2, 0.25) is 0 Å². The Kier molecular flexibility index (Phi) is 3.53. The lowest BCUT2D eigenvalue weighted by molar-refractivity contribution is 0.100. The van der Waals surface area contributed by atoms with E-state index in [0.717, 1.165) is 11.0 Å². The molecule has 5 heteroatoms. The Hall–Kier alpha value is -2.01. The summed E-state index contributed by atoms with van der Waals surface area (Å²) in [5, 5.41) is 0. The number of halogens is 1. The normalized spacial score (nSPS) is 10.3. The predicted molar refractivity (Wildman–Crippen MR) is 69.9 cm³/mol. The van der Waals surface area contributed by atoms with Crippen molar-refractivity contribution >= 4 is 23.4 Å². The lowest BCUT2D eigenvalue weighted by Crippen LogP contribution is -2.14. The van der Waals surface area contributed by atoms with Gasteiger partial charge in [0.1, 0.15) is 5.82 Å². The number of rotatable bonds is 3. The van der Waals surface area contributed by atoms with Gasteiger partial charge >= 0.3 is 0 Å². The van der Waals surface area contributed by atoms with Crippen molar-refractivity contribution in [1.29, 1.82) is 0 Å². The zero-order valence-electron chi connectivity index (χ0n) is 9.39. The Morgan fingerprint density at radius 2 is 1.83 bits per heavy atom. The third kappa shape index (κ3) is 2.62. The second-order valence-corrected chi connectivity index (χ2v) is 4.76. The first-order valence-electron chi connectivity index (χ1n) is 5.19. The van der Waals surface area contributed by atoms with E-state index in [1.165, 1.54) is 17.8 Å². The fourth-order valence-corrected chi connectivity index (χ4v) is 2.36. The molecule has 0 aliphatic carbocycles. The third-order valence-electron chi connectivity index (χ3n) is 2.34. The lowest BCUT2D eigenvalue weighted by atomic mass is 10.1. The second-order valence-electron chi connectivity index (χ2n) is 3.65. The van der Waals surface area contributed by atoms with Gasteiger partial charge in [-0.3, -0.25) is 4.79 Å². The van der Waals surface area contributed by atoms with Crippen LogP contribution in [0.5, 0.6) is 0 Å². The van der Waals surface area contributed by atoms with Crippen molar-refractivity contribution in [3.05, 3.63) is 53.8 Å². The molecule has 0 unspecified atom stereocenters. The van der Waals surface area contributed by atoms with Gasteiger partial charge in [-0.25, -0.2) is 4.39 Å². The van der Waals surface area contributed by atoms with E-state index in [-0.39, 0.29) is 11.3 Å². The van der Waals surface area contributed by atoms with Crippen LogP contribution in [0.25, 0.3) is 0 Å². The zero-order valence-corrected chi connectivity index (χ0v) is 10.2. The second kappa shape index (κ2) is 5.10. The molecule has 0 aliphatic rings. The van der Waals surface area contributed by atoms with Crippen LogP contribution in [0.4, 0.5) is 10.1 Å². The molecule has 0 spiro atoms. The number of carbonyl (C=O) groups is 1. The van der Waals surface area contributed by atoms with Crippen LogP contribution in [0.3, 0.4) is 0 Å². The molecule has 2 rings (SSSR count). The SMILES string of the molecule is NC(=O)c1cc(Sc2ccccc2)c(F)cc1N. The predicted octanol–water partition coefficient (Wildman–Crippen LogP) is 2.66. The van der Waals surface area contributed by atoms with Crippen LogP contribution in [-0.4, -0.2) is 5.91 Å². The fourth-order valence-electron chi connectivity index (χ4n) is 1.48. The highest BCUT2D eigenvalue weighted by atomic mass is 32.2. The van der Waals surface area contributed by atoms with E-state index in [0.29, 0.717) is 4.90 Å². The molecule has 0 heterocycles. The third-order valence-corrected chi connectivity index (χ3v) is 3.38. The molecule has 0 aliphatic heterocycles. The summed E-state index contributed by atoms with van der Waals surface area (Å²) >= 11 is 1.22. The largest absolute Gasteiger partial charge is 0.398 e. The molecule has 0 fully saturated rings. The number of carbonyl (C=O) groups excluding carboxylic acids is 1. The molecule has 0 saturated heterocycles. The van der Waals surface area contributed by atoms with Gasteiger partial charge in [-0.15, -0.1) is 0 Å². The topological polar surface area (TPSA) is 69.1 Å². The first-order chi connectivity index (χ1) is 8.58. The lowest BCUT2D eigenvalue weighted by Gasteiger charge is -2.07. The quantitative estimate of drug-likeness (QED) is 0.835. The average Bonchev–Trinajstić information content (AvgIpc) is 2.33. The Bertz CT molecular complexity index is 587. The smallest absolute Gasteiger partial charge is 0.250 e. The van der Waals surface area contributed by atoms with Gasteiger partial charge in [-0.2, -0.15) is 0 Å². The summed E-state index contributed by atoms with van der Waals surface area (Å²) in [7, 11) is 0. The number of nitrogen functional groups attached to an aromatic ring is 1. The standard InChI is InChI=1S/C13H11FN2OS/c14-10-7-11(15)9(13(16)17)6-12(10)18-8-4-2-1-3-5-8/h1-7H,15H2,(H2,16,17). The number of hydrogen-bond acceptors (Lipinski definition) is 3. The average molecular weight is 262 g/mol.